The largest absolute Gasteiger partial charge is 0.100 e. The Balaban J connectivity index is 1.84. The van der Waals surface area contributed by atoms with Crippen molar-refractivity contribution in [1.82, 2.24) is 0 Å². The molecule has 3 aliphatic rings. The molecule has 0 N–H and O–H groups in total. The number of allylic oxidation sites excluding steroid dienone is 1. The second-order valence-corrected chi connectivity index (χ2v) is 10.0. The van der Waals surface area contributed by atoms with Crippen molar-refractivity contribution in [2.45, 2.75) is 92.4 Å². The van der Waals surface area contributed by atoms with Crippen LogP contribution in [0.3, 0.4) is 0 Å². The molecule has 0 spiro atoms. The van der Waals surface area contributed by atoms with Crippen LogP contribution in [-0.2, 0) is 0 Å². The Morgan fingerprint density at radius 3 is 2.43 bits per heavy atom. The van der Waals surface area contributed by atoms with E-state index in [0.717, 1.165) is 29.6 Å². The van der Waals surface area contributed by atoms with Gasteiger partial charge in [-0.05, 0) is 98.7 Å². The van der Waals surface area contributed by atoms with Crippen LogP contribution in [0.5, 0.6) is 0 Å². The predicted molar refractivity (Wildman–Crippen MR) is 101 cm³/mol. The van der Waals surface area contributed by atoms with Gasteiger partial charge in [-0.3, -0.25) is 0 Å². The van der Waals surface area contributed by atoms with Crippen LogP contribution in [0.2, 0.25) is 0 Å². The Hall–Kier alpha value is -0.260. The highest BCUT2D eigenvalue weighted by Crippen LogP contribution is 2.66. The molecule has 23 heavy (non-hydrogen) atoms. The summed E-state index contributed by atoms with van der Waals surface area (Å²) in [6, 6.07) is 0. The highest BCUT2D eigenvalue weighted by Gasteiger charge is 2.58. The summed E-state index contributed by atoms with van der Waals surface area (Å²) >= 11 is 0. The molecule has 0 aliphatic heterocycles. The molecule has 0 saturated heterocycles. The number of hydrogen-bond acceptors (Lipinski definition) is 0. The van der Waals surface area contributed by atoms with Gasteiger partial charge < -0.3 is 0 Å². The third kappa shape index (κ3) is 2.73. The summed E-state index contributed by atoms with van der Waals surface area (Å²) in [5, 5.41) is 0. The van der Waals surface area contributed by atoms with Crippen LogP contribution >= 0.6 is 0 Å². The molecule has 0 bridgehead atoms. The van der Waals surface area contributed by atoms with Gasteiger partial charge in [0.2, 0.25) is 0 Å². The van der Waals surface area contributed by atoms with E-state index in [2.05, 4.69) is 41.2 Å². The molecule has 0 heteroatoms. The summed E-state index contributed by atoms with van der Waals surface area (Å²) in [5.41, 5.74) is 2.62. The van der Waals surface area contributed by atoms with Crippen molar-refractivity contribution in [2.24, 2.45) is 40.4 Å². The van der Waals surface area contributed by atoms with E-state index in [1.54, 1.807) is 0 Å². The Bertz CT molecular complexity index is 449. The first-order chi connectivity index (χ1) is 10.8. The van der Waals surface area contributed by atoms with E-state index in [9.17, 15) is 0 Å². The molecule has 7 unspecified atom stereocenters. The average molecular weight is 317 g/mol. The van der Waals surface area contributed by atoms with E-state index < -0.39 is 0 Å². The smallest absolute Gasteiger partial charge is 0.0266 e. The molecule has 0 nitrogen and oxygen atoms in total. The van der Waals surface area contributed by atoms with Crippen LogP contribution in [0.25, 0.3) is 0 Å². The molecule has 132 valence electrons. The van der Waals surface area contributed by atoms with E-state index >= 15 is 0 Å². The second kappa shape index (κ2) is 6.23. The van der Waals surface area contributed by atoms with Gasteiger partial charge in [-0.1, -0.05) is 39.7 Å². The minimum Gasteiger partial charge on any atom is -0.100 e. The highest BCUT2D eigenvalue weighted by molar-refractivity contribution is 5.08. The van der Waals surface area contributed by atoms with Crippen molar-refractivity contribution in [2.75, 3.05) is 0 Å². The molecule has 0 aromatic rings. The summed E-state index contributed by atoms with van der Waals surface area (Å²) in [4.78, 5) is 0. The summed E-state index contributed by atoms with van der Waals surface area (Å²) in [6.07, 6.45) is 13.1. The van der Waals surface area contributed by atoms with Crippen molar-refractivity contribution in [3.8, 4) is 0 Å². The van der Waals surface area contributed by atoms with Gasteiger partial charge in [-0.15, -0.1) is 6.58 Å². The number of rotatable bonds is 4. The molecule has 3 fully saturated rings. The van der Waals surface area contributed by atoms with Crippen LogP contribution in [0.4, 0.5) is 0 Å². The zero-order valence-electron chi connectivity index (χ0n) is 16.5. The highest BCUT2D eigenvalue weighted by atomic mass is 14.6. The minimum atomic E-state index is 0.563. The molecule has 0 aromatic carbocycles. The molecule has 0 radical (unpaired) electrons. The van der Waals surface area contributed by atoms with Gasteiger partial charge in [0.1, 0.15) is 0 Å². The lowest BCUT2D eigenvalue weighted by Crippen LogP contribution is -2.51. The Kier molecular flexibility index (Phi) is 4.76. The maximum absolute atomic E-state index is 4.18. The normalized spacial score (nSPS) is 49.5. The lowest BCUT2D eigenvalue weighted by molar-refractivity contribution is -0.0951. The summed E-state index contributed by atoms with van der Waals surface area (Å²) in [5.74, 6) is 4.95. The molecular formula is C23H40. The zero-order valence-corrected chi connectivity index (χ0v) is 16.5. The zero-order chi connectivity index (χ0) is 16.8. The monoisotopic (exact) mass is 316 g/mol. The van der Waals surface area contributed by atoms with Crippen molar-refractivity contribution in [1.29, 1.82) is 0 Å². The van der Waals surface area contributed by atoms with Gasteiger partial charge in [0.05, 0.1) is 0 Å². The fourth-order valence-corrected chi connectivity index (χ4v) is 7.34. The Labute approximate surface area is 145 Å². The molecule has 0 aromatic heterocycles. The third-order valence-electron chi connectivity index (χ3n) is 9.12. The van der Waals surface area contributed by atoms with E-state index in [-0.39, 0.29) is 0 Å². The Morgan fingerprint density at radius 2 is 1.78 bits per heavy atom. The van der Waals surface area contributed by atoms with Gasteiger partial charge in [0.25, 0.3) is 0 Å². The quantitative estimate of drug-likeness (QED) is 0.479. The average Bonchev–Trinajstić information content (AvgIpc) is 2.85. The van der Waals surface area contributed by atoms with Crippen molar-refractivity contribution >= 4 is 0 Å². The van der Waals surface area contributed by atoms with Gasteiger partial charge in [0.15, 0.2) is 0 Å². The lowest BCUT2D eigenvalue weighted by atomic mass is 9.46. The maximum Gasteiger partial charge on any atom is -0.0266 e. The fourth-order valence-electron chi connectivity index (χ4n) is 7.34. The van der Waals surface area contributed by atoms with E-state index in [1.807, 2.05) is 0 Å². The van der Waals surface area contributed by atoms with Gasteiger partial charge in [-0.2, -0.15) is 0 Å². The number of fused-ring (bicyclic) bond motifs is 3. The van der Waals surface area contributed by atoms with Crippen molar-refractivity contribution in [3.05, 3.63) is 12.2 Å². The molecule has 7 atom stereocenters. The molecule has 3 saturated carbocycles. The third-order valence-corrected chi connectivity index (χ3v) is 9.12. The summed E-state index contributed by atoms with van der Waals surface area (Å²) < 4.78 is 0. The second-order valence-electron chi connectivity index (χ2n) is 10.0. The fraction of sp³-hybridized carbons (Fsp3) is 0.913. The van der Waals surface area contributed by atoms with Crippen LogP contribution in [0, 0.1) is 40.4 Å². The first-order valence-corrected chi connectivity index (χ1v) is 10.5. The Morgan fingerprint density at radius 1 is 1.04 bits per heavy atom. The standard InChI is InChI=1S/C23H40/c1-7-18-9-11-20-19-10-8-17(4)22(5,14-12-16(2)3)21(19)13-15-23(18,20)6/h17-21H,2,7-15H2,1,3-6H3. The molecule has 0 heterocycles. The molecule has 3 aliphatic carbocycles. The molecular weight excluding hydrogens is 276 g/mol. The van der Waals surface area contributed by atoms with Crippen LogP contribution in [0.1, 0.15) is 92.4 Å². The summed E-state index contributed by atoms with van der Waals surface area (Å²) in [6.45, 7) is 16.7. The molecule has 3 rings (SSSR count). The van der Waals surface area contributed by atoms with Crippen LogP contribution in [-0.4, -0.2) is 0 Å². The topological polar surface area (TPSA) is 0 Å². The minimum absolute atomic E-state index is 0.563. The maximum atomic E-state index is 4.18. The lowest BCUT2D eigenvalue weighted by Gasteiger charge is -2.59. The van der Waals surface area contributed by atoms with Gasteiger partial charge >= 0.3 is 0 Å². The molecule has 0 amide bonds. The van der Waals surface area contributed by atoms with E-state index in [0.29, 0.717) is 10.8 Å². The van der Waals surface area contributed by atoms with Crippen molar-refractivity contribution in [3.63, 3.8) is 0 Å². The number of hydrogen-bond donors (Lipinski definition) is 0. The SMILES string of the molecule is C=C(C)CCC1(C)C(C)CCC2C1CCC1(C)C(CC)CCC21. The van der Waals surface area contributed by atoms with Crippen LogP contribution < -0.4 is 0 Å². The predicted octanol–water partition coefficient (Wildman–Crippen LogP) is 7.25. The van der Waals surface area contributed by atoms with E-state index in [4.69, 9.17) is 0 Å². The first-order valence-electron chi connectivity index (χ1n) is 10.5. The van der Waals surface area contributed by atoms with Gasteiger partial charge in [-0.25, -0.2) is 0 Å². The first kappa shape index (κ1) is 17.6. The van der Waals surface area contributed by atoms with Crippen LogP contribution in [0.15, 0.2) is 12.2 Å². The van der Waals surface area contributed by atoms with Crippen molar-refractivity contribution < 1.29 is 0 Å². The van der Waals surface area contributed by atoms with Gasteiger partial charge in [0, 0.05) is 0 Å². The summed E-state index contributed by atoms with van der Waals surface area (Å²) in [7, 11) is 0. The van der Waals surface area contributed by atoms with E-state index in [1.165, 1.54) is 63.4 Å².